The predicted octanol–water partition coefficient (Wildman–Crippen LogP) is 12.7. The molecule has 2 aliphatic rings. The Morgan fingerprint density at radius 2 is 1.05 bits per heavy atom. The Morgan fingerprint density at radius 3 is 1.70 bits per heavy atom. The SMILES string of the molecule is Clc1ccc2c(c1)C1(c3cc(Cl)ccc3-2)c2cc(Br)c3c(oc4ccccc43)c2-c2c1cc(Br)c1oc3ccccc3c21. The first-order chi connectivity index (χ1) is 21.0. The number of hydrogen-bond donors (Lipinski definition) is 0. The van der Waals surface area contributed by atoms with Crippen LogP contribution in [0.25, 0.3) is 66.1 Å². The Balaban J connectivity index is 1.53. The van der Waals surface area contributed by atoms with E-state index in [2.05, 4.69) is 92.5 Å². The monoisotopic (exact) mass is 720 g/mol. The normalized spacial score (nSPS) is 14.2. The number of para-hydroxylation sites is 2. The lowest BCUT2D eigenvalue weighted by Gasteiger charge is -2.31. The van der Waals surface area contributed by atoms with Gasteiger partial charge in [0.25, 0.3) is 0 Å². The van der Waals surface area contributed by atoms with Gasteiger partial charge in [-0.15, -0.1) is 0 Å². The van der Waals surface area contributed by atoms with Gasteiger partial charge in [0.05, 0.1) is 9.89 Å². The van der Waals surface area contributed by atoms with E-state index in [-0.39, 0.29) is 0 Å². The molecule has 1 spiro atoms. The molecule has 0 atom stereocenters. The van der Waals surface area contributed by atoms with Crippen LogP contribution in [0.1, 0.15) is 22.3 Å². The number of fused-ring (bicyclic) bond motifs is 18. The van der Waals surface area contributed by atoms with Crippen molar-refractivity contribution in [1.82, 2.24) is 0 Å². The average Bonchev–Trinajstić information content (AvgIpc) is 3.72. The lowest BCUT2D eigenvalue weighted by molar-refractivity contribution is 0.666. The largest absolute Gasteiger partial charge is 0.455 e. The van der Waals surface area contributed by atoms with Crippen LogP contribution in [0.4, 0.5) is 0 Å². The van der Waals surface area contributed by atoms with Crippen LogP contribution < -0.4 is 0 Å². The summed E-state index contributed by atoms with van der Waals surface area (Å²) in [5.74, 6) is 0. The average molecular weight is 723 g/mol. The first-order valence-electron chi connectivity index (χ1n) is 13.9. The molecule has 0 N–H and O–H groups in total. The molecule has 2 aliphatic carbocycles. The zero-order valence-corrected chi connectivity index (χ0v) is 26.7. The van der Waals surface area contributed by atoms with Crippen molar-refractivity contribution < 1.29 is 8.83 Å². The first kappa shape index (κ1) is 24.9. The van der Waals surface area contributed by atoms with Crippen LogP contribution in [-0.4, -0.2) is 0 Å². The zero-order valence-electron chi connectivity index (χ0n) is 22.1. The van der Waals surface area contributed by atoms with Crippen LogP contribution >= 0.6 is 55.1 Å². The fourth-order valence-corrected chi connectivity index (χ4v) is 9.28. The smallest absolute Gasteiger partial charge is 0.150 e. The van der Waals surface area contributed by atoms with Gasteiger partial charge in [0.1, 0.15) is 22.3 Å². The number of rotatable bonds is 0. The maximum absolute atomic E-state index is 6.80. The number of benzene rings is 6. The molecule has 0 fully saturated rings. The molecule has 2 heterocycles. The molecule has 2 nitrogen and oxygen atoms in total. The Morgan fingerprint density at radius 1 is 0.512 bits per heavy atom. The summed E-state index contributed by atoms with van der Waals surface area (Å²) >= 11 is 21.5. The molecule has 0 bridgehead atoms. The summed E-state index contributed by atoms with van der Waals surface area (Å²) in [5, 5.41) is 5.60. The summed E-state index contributed by atoms with van der Waals surface area (Å²) in [7, 11) is 0. The first-order valence-corrected chi connectivity index (χ1v) is 16.2. The third kappa shape index (κ3) is 2.91. The second-order valence-corrected chi connectivity index (χ2v) is 13.9. The zero-order chi connectivity index (χ0) is 28.8. The summed E-state index contributed by atoms with van der Waals surface area (Å²) in [6.07, 6.45) is 0. The number of furan rings is 2. The number of halogens is 4. The fourth-order valence-electron chi connectivity index (χ4n) is 7.81. The minimum absolute atomic E-state index is 0.685. The second-order valence-electron chi connectivity index (χ2n) is 11.3. The van der Waals surface area contributed by atoms with E-state index in [9.17, 15) is 0 Å². The number of hydrogen-bond acceptors (Lipinski definition) is 2. The Labute approximate surface area is 272 Å². The van der Waals surface area contributed by atoms with E-state index in [1.165, 1.54) is 0 Å². The summed E-state index contributed by atoms with van der Waals surface area (Å²) in [5.41, 5.74) is 11.6. The third-order valence-electron chi connectivity index (χ3n) is 9.32. The van der Waals surface area contributed by atoms with E-state index in [0.29, 0.717) is 10.0 Å². The molecule has 204 valence electrons. The van der Waals surface area contributed by atoms with Crippen molar-refractivity contribution in [3.63, 3.8) is 0 Å². The Hall–Kier alpha value is -3.54. The van der Waals surface area contributed by atoms with Crippen LogP contribution in [-0.2, 0) is 5.41 Å². The molecule has 0 radical (unpaired) electrons. The minimum Gasteiger partial charge on any atom is -0.455 e. The van der Waals surface area contributed by atoms with Crippen LogP contribution in [0.5, 0.6) is 0 Å². The maximum atomic E-state index is 6.80. The van der Waals surface area contributed by atoms with E-state index in [0.717, 1.165) is 97.3 Å². The van der Waals surface area contributed by atoms with Crippen molar-refractivity contribution in [2.45, 2.75) is 5.41 Å². The van der Waals surface area contributed by atoms with Crippen LogP contribution in [0, 0.1) is 0 Å². The van der Waals surface area contributed by atoms with E-state index < -0.39 is 5.41 Å². The lowest BCUT2D eigenvalue weighted by atomic mass is 9.70. The highest BCUT2D eigenvalue weighted by atomic mass is 79.9. The molecule has 6 heteroatoms. The van der Waals surface area contributed by atoms with Gasteiger partial charge in [-0.05, 0) is 97.8 Å². The maximum Gasteiger partial charge on any atom is 0.150 e. The van der Waals surface area contributed by atoms with Gasteiger partial charge < -0.3 is 8.83 Å². The van der Waals surface area contributed by atoms with Crippen LogP contribution in [0.15, 0.2) is 115 Å². The molecular weight excluding hydrogens is 707 g/mol. The molecule has 0 unspecified atom stereocenters. The Kier molecular flexibility index (Phi) is 4.82. The quantitative estimate of drug-likeness (QED) is 0.156. The van der Waals surface area contributed by atoms with Crippen molar-refractivity contribution in [1.29, 1.82) is 0 Å². The van der Waals surface area contributed by atoms with Crippen molar-refractivity contribution in [3.05, 3.63) is 138 Å². The van der Waals surface area contributed by atoms with Crippen molar-refractivity contribution in [2.75, 3.05) is 0 Å². The minimum atomic E-state index is -0.699. The molecule has 0 saturated carbocycles. The molecule has 0 saturated heterocycles. The molecule has 2 aromatic heterocycles. The molecular formula is C37H16Br2Cl2O2. The van der Waals surface area contributed by atoms with Crippen LogP contribution in [0.3, 0.4) is 0 Å². The molecule has 0 aliphatic heterocycles. The molecule has 6 aromatic carbocycles. The highest BCUT2D eigenvalue weighted by Crippen LogP contribution is 2.67. The van der Waals surface area contributed by atoms with Gasteiger partial charge in [-0.1, -0.05) is 87.7 Å². The van der Waals surface area contributed by atoms with Gasteiger partial charge in [0, 0.05) is 47.2 Å². The lowest BCUT2D eigenvalue weighted by Crippen LogP contribution is -2.26. The molecule has 10 rings (SSSR count). The molecule has 0 amide bonds. The van der Waals surface area contributed by atoms with Crippen molar-refractivity contribution in [2.24, 2.45) is 0 Å². The second kappa shape index (κ2) is 8.34. The molecule has 43 heavy (non-hydrogen) atoms. The van der Waals surface area contributed by atoms with Gasteiger partial charge in [-0.2, -0.15) is 0 Å². The highest BCUT2D eigenvalue weighted by molar-refractivity contribution is 9.11. The summed E-state index contributed by atoms with van der Waals surface area (Å²) in [6.45, 7) is 0. The van der Waals surface area contributed by atoms with Gasteiger partial charge >= 0.3 is 0 Å². The van der Waals surface area contributed by atoms with Crippen molar-refractivity contribution >= 4 is 98.9 Å². The predicted molar refractivity (Wildman–Crippen MR) is 183 cm³/mol. The van der Waals surface area contributed by atoms with Gasteiger partial charge in [-0.3, -0.25) is 0 Å². The Bertz CT molecular complexity index is 2520. The van der Waals surface area contributed by atoms with Crippen molar-refractivity contribution in [3.8, 4) is 22.3 Å². The summed E-state index contributed by atoms with van der Waals surface area (Å²) < 4.78 is 15.2. The van der Waals surface area contributed by atoms with E-state index in [4.69, 9.17) is 32.0 Å². The summed E-state index contributed by atoms with van der Waals surface area (Å²) in [4.78, 5) is 0. The van der Waals surface area contributed by atoms with E-state index >= 15 is 0 Å². The van der Waals surface area contributed by atoms with Gasteiger partial charge in [0.2, 0.25) is 0 Å². The third-order valence-corrected chi connectivity index (χ3v) is 11.0. The summed E-state index contributed by atoms with van der Waals surface area (Å²) in [6, 6.07) is 33.4. The topological polar surface area (TPSA) is 26.3 Å². The van der Waals surface area contributed by atoms with Gasteiger partial charge in [-0.25, -0.2) is 0 Å². The fraction of sp³-hybridized carbons (Fsp3) is 0.0270. The van der Waals surface area contributed by atoms with Crippen LogP contribution in [0.2, 0.25) is 10.0 Å². The molecule has 8 aromatic rings. The highest BCUT2D eigenvalue weighted by Gasteiger charge is 2.54. The standard InChI is InChI=1S/C37H16Br2Cl2O2/c38-27-15-26-34(36-31(27)21-5-1-3-7-29(21)43-36)33-25(16-28(39)35-32(33)22-6-2-4-8-30(22)42-35)37(26)23-13-17(40)9-11-19(23)20-12-10-18(41)14-24(20)37/h1-16H. The van der Waals surface area contributed by atoms with E-state index in [1.54, 1.807) is 0 Å². The van der Waals surface area contributed by atoms with Gasteiger partial charge in [0.15, 0.2) is 0 Å². The van der Waals surface area contributed by atoms with E-state index in [1.807, 2.05) is 36.4 Å².